The Bertz CT molecular complexity index is 559. The molecule has 1 N–H and O–H groups in total. The SMILES string of the molecule is O=S(=O)(c1ccc(Br)cc1)N1CC(O)(C2CC2)C1. The Morgan fingerprint density at radius 3 is 2.28 bits per heavy atom. The van der Waals surface area contributed by atoms with Gasteiger partial charge in [0.25, 0.3) is 0 Å². The van der Waals surface area contributed by atoms with Crippen LogP contribution in [0.3, 0.4) is 0 Å². The van der Waals surface area contributed by atoms with Crippen LogP contribution >= 0.6 is 15.9 Å². The molecule has 1 saturated carbocycles. The van der Waals surface area contributed by atoms with E-state index in [0.717, 1.165) is 17.3 Å². The lowest BCUT2D eigenvalue weighted by Gasteiger charge is -2.45. The molecule has 2 aliphatic rings. The number of β-amino-alcohol motifs (C(OH)–C–C–N with tert-alkyl or cyclic N) is 1. The van der Waals surface area contributed by atoms with Crippen LogP contribution in [-0.2, 0) is 10.0 Å². The van der Waals surface area contributed by atoms with Crippen molar-refractivity contribution >= 4 is 26.0 Å². The van der Waals surface area contributed by atoms with Crippen molar-refractivity contribution in [2.75, 3.05) is 13.1 Å². The fourth-order valence-electron chi connectivity index (χ4n) is 2.37. The van der Waals surface area contributed by atoms with Crippen LogP contribution in [-0.4, -0.2) is 36.5 Å². The molecule has 4 nitrogen and oxygen atoms in total. The lowest BCUT2D eigenvalue weighted by Crippen LogP contribution is -2.64. The molecule has 1 aromatic carbocycles. The van der Waals surface area contributed by atoms with Crippen LogP contribution in [0.5, 0.6) is 0 Å². The van der Waals surface area contributed by atoms with E-state index in [-0.39, 0.29) is 18.0 Å². The maximum absolute atomic E-state index is 12.3. The van der Waals surface area contributed by atoms with E-state index in [1.165, 1.54) is 4.31 Å². The second-order valence-corrected chi connectivity index (χ2v) is 7.96. The van der Waals surface area contributed by atoms with Crippen molar-refractivity contribution in [2.24, 2.45) is 5.92 Å². The molecule has 1 aliphatic heterocycles. The Hall–Kier alpha value is -0.430. The van der Waals surface area contributed by atoms with Crippen LogP contribution in [0.2, 0.25) is 0 Å². The lowest BCUT2D eigenvalue weighted by atomic mass is 9.91. The zero-order valence-electron chi connectivity index (χ0n) is 9.71. The van der Waals surface area contributed by atoms with E-state index in [1.807, 2.05) is 0 Å². The van der Waals surface area contributed by atoms with E-state index >= 15 is 0 Å². The molecule has 0 radical (unpaired) electrons. The first-order valence-electron chi connectivity index (χ1n) is 5.90. The first-order valence-corrected chi connectivity index (χ1v) is 8.13. The Kier molecular flexibility index (Phi) is 2.82. The maximum atomic E-state index is 12.3. The standard InChI is InChI=1S/C12H14BrNO3S/c13-10-3-5-11(6-4-10)18(16,17)14-7-12(15,8-14)9-1-2-9/h3-6,9,15H,1-2,7-8H2. The van der Waals surface area contributed by atoms with E-state index in [4.69, 9.17) is 0 Å². The van der Waals surface area contributed by atoms with Crippen molar-refractivity contribution in [3.05, 3.63) is 28.7 Å². The van der Waals surface area contributed by atoms with Gasteiger partial charge in [0.05, 0.1) is 10.5 Å². The Labute approximate surface area is 115 Å². The molecular formula is C12H14BrNO3S. The molecule has 18 heavy (non-hydrogen) atoms. The normalized spacial score (nSPS) is 23.7. The molecule has 1 saturated heterocycles. The van der Waals surface area contributed by atoms with Gasteiger partial charge in [0.1, 0.15) is 0 Å². The highest BCUT2D eigenvalue weighted by molar-refractivity contribution is 9.10. The molecule has 0 bridgehead atoms. The Morgan fingerprint density at radius 1 is 1.22 bits per heavy atom. The highest BCUT2D eigenvalue weighted by atomic mass is 79.9. The first-order chi connectivity index (χ1) is 8.42. The van der Waals surface area contributed by atoms with Crippen molar-refractivity contribution in [1.29, 1.82) is 0 Å². The molecule has 0 spiro atoms. The van der Waals surface area contributed by atoms with Crippen molar-refractivity contribution in [3.63, 3.8) is 0 Å². The summed E-state index contributed by atoms with van der Waals surface area (Å²) in [6.45, 7) is 0.464. The molecule has 0 unspecified atom stereocenters. The van der Waals surface area contributed by atoms with Crippen molar-refractivity contribution in [2.45, 2.75) is 23.3 Å². The zero-order chi connectivity index (χ0) is 13.0. The van der Waals surface area contributed by atoms with Gasteiger partial charge in [0.15, 0.2) is 0 Å². The average molecular weight is 332 g/mol. The van der Waals surface area contributed by atoms with E-state index in [1.54, 1.807) is 24.3 Å². The monoisotopic (exact) mass is 331 g/mol. The van der Waals surface area contributed by atoms with Gasteiger partial charge in [-0.1, -0.05) is 15.9 Å². The Morgan fingerprint density at radius 2 is 1.78 bits per heavy atom. The number of benzene rings is 1. The third kappa shape index (κ3) is 2.01. The predicted molar refractivity (Wildman–Crippen MR) is 70.6 cm³/mol. The average Bonchev–Trinajstić information content (AvgIpc) is 3.09. The van der Waals surface area contributed by atoms with Crippen molar-refractivity contribution in [1.82, 2.24) is 4.31 Å². The molecule has 6 heteroatoms. The third-order valence-corrected chi connectivity index (χ3v) is 6.02. The van der Waals surface area contributed by atoms with E-state index in [2.05, 4.69) is 15.9 Å². The molecule has 1 aromatic rings. The summed E-state index contributed by atoms with van der Waals surface area (Å²) in [5.74, 6) is 0.300. The number of sulfonamides is 1. The summed E-state index contributed by atoms with van der Waals surface area (Å²) in [5, 5.41) is 10.2. The summed E-state index contributed by atoms with van der Waals surface area (Å²) in [6, 6.07) is 6.57. The number of hydrogen-bond acceptors (Lipinski definition) is 3. The number of rotatable bonds is 3. The summed E-state index contributed by atoms with van der Waals surface area (Å²) in [4.78, 5) is 0.281. The van der Waals surface area contributed by atoms with Crippen LogP contribution in [0, 0.1) is 5.92 Å². The molecule has 3 rings (SSSR count). The van der Waals surface area contributed by atoms with Crippen molar-refractivity contribution < 1.29 is 13.5 Å². The molecule has 0 amide bonds. The van der Waals surface area contributed by atoms with Crippen LogP contribution in [0.4, 0.5) is 0 Å². The summed E-state index contributed by atoms with van der Waals surface area (Å²) in [5.41, 5.74) is -0.775. The molecule has 2 fully saturated rings. The van der Waals surface area contributed by atoms with Gasteiger partial charge in [-0.15, -0.1) is 0 Å². The molecular weight excluding hydrogens is 318 g/mol. The molecule has 1 aliphatic carbocycles. The fourth-order valence-corrected chi connectivity index (χ4v) is 4.20. The predicted octanol–water partition coefficient (Wildman–Crippen LogP) is 1.59. The molecule has 98 valence electrons. The van der Waals surface area contributed by atoms with Crippen LogP contribution in [0.25, 0.3) is 0 Å². The minimum atomic E-state index is -3.44. The molecule has 1 heterocycles. The third-order valence-electron chi connectivity index (χ3n) is 3.69. The highest BCUT2D eigenvalue weighted by Crippen LogP contribution is 2.45. The quantitative estimate of drug-likeness (QED) is 0.915. The summed E-state index contributed by atoms with van der Waals surface area (Å²) >= 11 is 3.28. The van der Waals surface area contributed by atoms with Crippen LogP contribution in [0.15, 0.2) is 33.6 Å². The zero-order valence-corrected chi connectivity index (χ0v) is 12.1. The second kappa shape index (κ2) is 4.03. The molecule has 0 atom stereocenters. The highest BCUT2D eigenvalue weighted by Gasteiger charge is 2.55. The first kappa shape index (κ1) is 12.6. The van der Waals surface area contributed by atoms with E-state index < -0.39 is 15.6 Å². The lowest BCUT2D eigenvalue weighted by molar-refractivity contribution is -0.0764. The van der Waals surface area contributed by atoms with Crippen LogP contribution in [0.1, 0.15) is 12.8 Å². The second-order valence-electron chi connectivity index (χ2n) is 5.10. The van der Waals surface area contributed by atoms with Gasteiger partial charge < -0.3 is 5.11 Å². The van der Waals surface area contributed by atoms with Gasteiger partial charge in [0.2, 0.25) is 10.0 Å². The minimum absolute atomic E-state index is 0.232. The van der Waals surface area contributed by atoms with Crippen molar-refractivity contribution in [3.8, 4) is 0 Å². The summed E-state index contributed by atoms with van der Waals surface area (Å²) < 4.78 is 26.7. The van der Waals surface area contributed by atoms with Crippen LogP contribution < -0.4 is 0 Å². The maximum Gasteiger partial charge on any atom is 0.243 e. The van der Waals surface area contributed by atoms with E-state index in [9.17, 15) is 13.5 Å². The van der Waals surface area contributed by atoms with Gasteiger partial charge >= 0.3 is 0 Å². The van der Waals surface area contributed by atoms with Gasteiger partial charge in [-0.3, -0.25) is 0 Å². The van der Waals surface area contributed by atoms with Gasteiger partial charge in [-0.2, -0.15) is 4.31 Å². The summed E-state index contributed by atoms with van der Waals surface area (Å²) in [6.07, 6.45) is 2.03. The largest absolute Gasteiger partial charge is 0.387 e. The van der Waals surface area contributed by atoms with Gasteiger partial charge in [-0.05, 0) is 43.0 Å². The Balaban J connectivity index is 1.78. The number of hydrogen-bond donors (Lipinski definition) is 1. The number of nitrogens with zero attached hydrogens (tertiary/aromatic N) is 1. The van der Waals surface area contributed by atoms with Gasteiger partial charge in [-0.25, -0.2) is 8.42 Å². The smallest absolute Gasteiger partial charge is 0.243 e. The minimum Gasteiger partial charge on any atom is -0.387 e. The number of halogens is 1. The topological polar surface area (TPSA) is 57.6 Å². The fraction of sp³-hybridized carbons (Fsp3) is 0.500. The number of aliphatic hydroxyl groups is 1. The molecule has 0 aromatic heterocycles. The van der Waals surface area contributed by atoms with E-state index in [0.29, 0.717) is 5.92 Å². The van der Waals surface area contributed by atoms with Gasteiger partial charge in [0, 0.05) is 17.6 Å². The summed E-state index contributed by atoms with van der Waals surface area (Å²) in [7, 11) is -3.44.